The summed E-state index contributed by atoms with van der Waals surface area (Å²) in [7, 11) is 0. The molecular formula is C22H32N2O4Se. The first-order valence-electron chi connectivity index (χ1n) is 10.1. The molecule has 1 aromatic rings. The Morgan fingerprint density at radius 2 is 1.69 bits per heavy atom. The van der Waals surface area contributed by atoms with Gasteiger partial charge in [0.05, 0.1) is 0 Å². The number of amides is 2. The molecule has 1 aliphatic carbocycles. The molecule has 1 aromatic carbocycles. The van der Waals surface area contributed by atoms with E-state index in [4.69, 9.17) is 9.47 Å². The van der Waals surface area contributed by atoms with Crippen molar-refractivity contribution in [1.29, 1.82) is 0 Å². The maximum atomic E-state index is 12.8. The molecule has 160 valence electrons. The van der Waals surface area contributed by atoms with Crippen LogP contribution in [0.1, 0.15) is 41.5 Å². The number of fused-ring (bicyclic) bond motifs is 1. The van der Waals surface area contributed by atoms with Crippen LogP contribution in [0.3, 0.4) is 0 Å². The van der Waals surface area contributed by atoms with Gasteiger partial charge in [-0.2, -0.15) is 0 Å². The van der Waals surface area contributed by atoms with E-state index >= 15 is 0 Å². The minimum absolute atomic E-state index is 0.102. The van der Waals surface area contributed by atoms with Crippen molar-refractivity contribution < 1.29 is 19.1 Å². The summed E-state index contributed by atoms with van der Waals surface area (Å²) in [5, 5.41) is 2.90. The third kappa shape index (κ3) is 5.46. The molecule has 6 nitrogen and oxygen atoms in total. The Balaban J connectivity index is 1.67. The Morgan fingerprint density at radius 3 is 2.28 bits per heavy atom. The third-order valence-electron chi connectivity index (χ3n) is 5.04. The molecule has 2 amide bonds. The standard InChI is InChI=1S/C22H32N2O4Se/c1-21(2,3)27-19(25)23-12-15-16-13-24(20(26)28-22(4,5)6)17(15)18(16)29-14-10-8-7-9-11-14/h7-11,15-18H,12-13H2,1-6H3,(H,23,25)/t15-,16+,17-,18+/m0/s1. The predicted molar refractivity (Wildman–Crippen MR) is 114 cm³/mol. The van der Waals surface area contributed by atoms with Gasteiger partial charge < -0.3 is 0 Å². The Bertz CT molecular complexity index is 741. The topological polar surface area (TPSA) is 67.9 Å². The average molecular weight is 467 g/mol. The number of rotatable bonds is 4. The molecule has 2 saturated heterocycles. The van der Waals surface area contributed by atoms with Crippen LogP contribution < -0.4 is 9.78 Å². The van der Waals surface area contributed by atoms with Crippen LogP contribution in [0.4, 0.5) is 9.59 Å². The van der Waals surface area contributed by atoms with Gasteiger partial charge >= 0.3 is 180 Å². The summed E-state index contributed by atoms with van der Waals surface area (Å²) in [6.45, 7) is 12.4. The van der Waals surface area contributed by atoms with Crippen molar-refractivity contribution in [2.24, 2.45) is 11.8 Å². The second kappa shape index (κ2) is 8.19. The van der Waals surface area contributed by atoms with Crippen molar-refractivity contribution in [2.45, 2.75) is 63.6 Å². The zero-order chi connectivity index (χ0) is 21.4. The zero-order valence-corrected chi connectivity index (χ0v) is 19.8. The van der Waals surface area contributed by atoms with Crippen molar-refractivity contribution in [2.75, 3.05) is 13.1 Å². The van der Waals surface area contributed by atoms with Gasteiger partial charge in [0.25, 0.3) is 0 Å². The molecule has 3 aliphatic rings. The summed E-state index contributed by atoms with van der Waals surface area (Å²) in [6.07, 6.45) is -0.656. The van der Waals surface area contributed by atoms with E-state index in [0.717, 1.165) is 0 Å². The summed E-state index contributed by atoms with van der Waals surface area (Å²) in [5.74, 6) is 0.619. The fourth-order valence-corrected chi connectivity index (χ4v) is 7.28. The number of benzene rings is 1. The van der Waals surface area contributed by atoms with Gasteiger partial charge in [-0.3, -0.25) is 0 Å². The molecule has 1 saturated carbocycles. The van der Waals surface area contributed by atoms with E-state index in [1.165, 1.54) is 4.46 Å². The Hall–Kier alpha value is -1.72. The van der Waals surface area contributed by atoms with E-state index in [9.17, 15) is 9.59 Å². The first kappa shape index (κ1) is 22.0. The SMILES string of the molecule is CC(C)(C)OC(=O)NC[C@H]1[C@H]2CN(C(=O)OC(C)(C)C)[C@@H]1[C@@H]2[Se]c1ccccc1. The summed E-state index contributed by atoms with van der Waals surface area (Å²) in [5.41, 5.74) is -1.04. The Kier molecular flexibility index (Phi) is 6.21. The van der Waals surface area contributed by atoms with Crippen molar-refractivity contribution in [3.63, 3.8) is 0 Å². The van der Waals surface area contributed by atoms with E-state index in [2.05, 4.69) is 29.6 Å². The van der Waals surface area contributed by atoms with Gasteiger partial charge in [-0.1, -0.05) is 0 Å². The van der Waals surface area contributed by atoms with Crippen molar-refractivity contribution in [1.82, 2.24) is 10.2 Å². The molecule has 2 heterocycles. The molecule has 1 N–H and O–H groups in total. The van der Waals surface area contributed by atoms with Crippen LogP contribution in [0.25, 0.3) is 0 Å². The molecule has 0 spiro atoms. The van der Waals surface area contributed by atoms with E-state index in [1.54, 1.807) is 0 Å². The summed E-state index contributed by atoms with van der Waals surface area (Å²) in [4.78, 5) is 27.2. The van der Waals surface area contributed by atoms with E-state index in [1.807, 2.05) is 52.5 Å². The van der Waals surface area contributed by atoms with Crippen LogP contribution in [-0.4, -0.2) is 62.4 Å². The van der Waals surface area contributed by atoms with Crippen LogP contribution in [0, 0.1) is 11.8 Å². The van der Waals surface area contributed by atoms with Gasteiger partial charge in [-0.25, -0.2) is 0 Å². The van der Waals surface area contributed by atoms with Gasteiger partial charge in [-0.15, -0.1) is 0 Å². The maximum absolute atomic E-state index is 12.8. The average Bonchev–Trinajstić information content (AvgIpc) is 3.13. The third-order valence-corrected chi connectivity index (χ3v) is 8.07. The second-order valence-corrected chi connectivity index (χ2v) is 12.4. The predicted octanol–water partition coefficient (Wildman–Crippen LogP) is 3.19. The number of alkyl carbamates (subject to hydrolysis) is 1. The number of ether oxygens (including phenoxy) is 2. The number of carbonyl (C=O) groups excluding carboxylic acids is 2. The van der Waals surface area contributed by atoms with Gasteiger partial charge in [0, 0.05) is 0 Å². The molecule has 2 bridgehead atoms. The van der Waals surface area contributed by atoms with E-state index in [0.29, 0.717) is 23.8 Å². The van der Waals surface area contributed by atoms with Gasteiger partial charge in [-0.05, 0) is 0 Å². The molecule has 7 heteroatoms. The molecule has 0 radical (unpaired) electrons. The monoisotopic (exact) mass is 468 g/mol. The van der Waals surface area contributed by atoms with Crippen LogP contribution in [0.2, 0.25) is 4.82 Å². The van der Waals surface area contributed by atoms with Gasteiger partial charge in [0.2, 0.25) is 0 Å². The number of nitrogens with zero attached hydrogens (tertiary/aromatic N) is 1. The first-order valence-corrected chi connectivity index (χ1v) is 12.0. The molecule has 3 fully saturated rings. The number of carbonyl (C=O) groups is 2. The second-order valence-electron chi connectivity index (χ2n) is 9.73. The van der Waals surface area contributed by atoms with Crippen LogP contribution >= 0.6 is 0 Å². The van der Waals surface area contributed by atoms with E-state index < -0.39 is 17.3 Å². The first-order chi connectivity index (χ1) is 13.4. The molecule has 0 aromatic heterocycles. The summed E-state index contributed by atoms with van der Waals surface area (Å²) < 4.78 is 12.3. The van der Waals surface area contributed by atoms with Crippen LogP contribution in [0.5, 0.6) is 0 Å². The summed E-state index contributed by atoms with van der Waals surface area (Å²) >= 11 is 0.274. The Morgan fingerprint density at radius 1 is 1.07 bits per heavy atom. The quantitative estimate of drug-likeness (QED) is 0.691. The molecule has 29 heavy (non-hydrogen) atoms. The van der Waals surface area contributed by atoms with Crippen molar-refractivity contribution in [3.05, 3.63) is 30.3 Å². The molecule has 4 atom stereocenters. The molecule has 2 aliphatic heterocycles. The zero-order valence-electron chi connectivity index (χ0n) is 18.1. The van der Waals surface area contributed by atoms with Gasteiger partial charge in [0.1, 0.15) is 0 Å². The van der Waals surface area contributed by atoms with Crippen LogP contribution in [0.15, 0.2) is 30.3 Å². The molecule has 4 rings (SSSR count). The summed E-state index contributed by atoms with van der Waals surface area (Å²) in [6, 6.07) is 10.6. The van der Waals surface area contributed by atoms with Crippen molar-refractivity contribution >= 4 is 31.6 Å². The Labute approximate surface area is 179 Å². The van der Waals surface area contributed by atoms with Crippen LogP contribution in [-0.2, 0) is 9.47 Å². The van der Waals surface area contributed by atoms with E-state index in [-0.39, 0.29) is 33.0 Å². The van der Waals surface area contributed by atoms with Gasteiger partial charge in [0.15, 0.2) is 0 Å². The van der Waals surface area contributed by atoms with Crippen molar-refractivity contribution in [3.8, 4) is 0 Å². The number of nitrogens with one attached hydrogen (secondary N) is 1. The fourth-order valence-electron chi connectivity index (χ4n) is 3.96. The normalized spacial score (nSPS) is 25.9. The number of hydrogen-bond acceptors (Lipinski definition) is 4. The minimum atomic E-state index is -0.524. The molecule has 0 unspecified atom stereocenters. The number of hydrogen-bond donors (Lipinski definition) is 1. The molecular weight excluding hydrogens is 435 g/mol. The fraction of sp³-hybridized carbons (Fsp3) is 0.636.